The Kier molecular flexibility index (Phi) is 4.71. The molecule has 1 fully saturated rings. The maximum atomic E-state index is 4.59. The van der Waals surface area contributed by atoms with Crippen LogP contribution in [0.25, 0.3) is 5.57 Å². The number of allylic oxidation sites excluding steroid dienone is 4. The first-order chi connectivity index (χ1) is 10.7. The zero-order chi connectivity index (χ0) is 15.4. The molecule has 0 aliphatic heterocycles. The third-order valence-electron chi connectivity index (χ3n) is 4.64. The first-order valence-electron chi connectivity index (χ1n) is 8.39. The highest BCUT2D eigenvalue weighted by molar-refractivity contribution is 6.09. The molecule has 0 radical (unpaired) electrons. The topological polar surface area (TPSA) is 30.2 Å². The van der Waals surface area contributed by atoms with E-state index in [4.69, 9.17) is 0 Å². The molecule has 0 amide bonds. The standard InChI is InChI=1S/C19H25N3/c1-15-8-6-7-11-19(15)20-12-16(2)17-13-21-22(14-17)18-9-4-3-5-10-18/h8,11-14,18H,2-7,9-10H2,1H3/b20-12-. The predicted molar refractivity (Wildman–Crippen MR) is 92.9 cm³/mol. The molecule has 2 aliphatic rings. The van der Waals surface area contributed by atoms with Gasteiger partial charge in [-0.2, -0.15) is 5.10 Å². The quantitative estimate of drug-likeness (QED) is 0.711. The fourth-order valence-electron chi connectivity index (χ4n) is 3.21. The Morgan fingerprint density at radius 1 is 1.27 bits per heavy atom. The number of aliphatic imine (C=N–C) groups is 1. The molecule has 1 saturated carbocycles. The molecule has 3 heteroatoms. The van der Waals surface area contributed by atoms with Crippen molar-refractivity contribution in [1.29, 1.82) is 0 Å². The van der Waals surface area contributed by atoms with Crippen molar-refractivity contribution in [2.45, 2.75) is 57.9 Å². The smallest absolute Gasteiger partial charge is 0.0616 e. The molecule has 0 unspecified atom stereocenters. The van der Waals surface area contributed by atoms with Gasteiger partial charge in [-0.3, -0.25) is 9.67 Å². The Morgan fingerprint density at radius 3 is 2.82 bits per heavy atom. The molecule has 22 heavy (non-hydrogen) atoms. The fourth-order valence-corrected chi connectivity index (χ4v) is 3.21. The predicted octanol–water partition coefficient (Wildman–Crippen LogP) is 5.10. The Bertz CT molecular complexity index is 625. The average Bonchev–Trinajstić information content (AvgIpc) is 3.05. The van der Waals surface area contributed by atoms with Gasteiger partial charge in [-0.1, -0.05) is 38.0 Å². The molecule has 0 saturated heterocycles. The fraction of sp³-hybridized carbons (Fsp3) is 0.474. The highest BCUT2D eigenvalue weighted by atomic mass is 15.3. The second-order valence-electron chi connectivity index (χ2n) is 6.34. The largest absolute Gasteiger partial charge is 0.269 e. The van der Waals surface area contributed by atoms with Crippen LogP contribution in [0.5, 0.6) is 0 Å². The van der Waals surface area contributed by atoms with Crippen LogP contribution < -0.4 is 0 Å². The van der Waals surface area contributed by atoms with Gasteiger partial charge in [0.1, 0.15) is 0 Å². The zero-order valence-electron chi connectivity index (χ0n) is 13.5. The van der Waals surface area contributed by atoms with E-state index in [1.165, 1.54) is 37.7 Å². The van der Waals surface area contributed by atoms with E-state index in [1.54, 1.807) is 0 Å². The van der Waals surface area contributed by atoms with Gasteiger partial charge < -0.3 is 0 Å². The number of rotatable bonds is 4. The number of nitrogens with zero attached hydrogens (tertiary/aromatic N) is 3. The van der Waals surface area contributed by atoms with E-state index in [9.17, 15) is 0 Å². The summed E-state index contributed by atoms with van der Waals surface area (Å²) in [6.07, 6.45) is 19.1. The molecule has 1 aromatic rings. The van der Waals surface area contributed by atoms with Gasteiger partial charge in [0.2, 0.25) is 0 Å². The second kappa shape index (κ2) is 6.91. The van der Waals surface area contributed by atoms with E-state index in [-0.39, 0.29) is 0 Å². The molecule has 1 heterocycles. The van der Waals surface area contributed by atoms with Crippen molar-refractivity contribution in [3.8, 4) is 0 Å². The highest BCUT2D eigenvalue weighted by Crippen LogP contribution is 2.28. The van der Waals surface area contributed by atoms with Gasteiger partial charge in [0, 0.05) is 18.0 Å². The van der Waals surface area contributed by atoms with Gasteiger partial charge in [0.25, 0.3) is 0 Å². The second-order valence-corrected chi connectivity index (χ2v) is 6.34. The minimum absolute atomic E-state index is 0.568. The van der Waals surface area contributed by atoms with Crippen molar-refractivity contribution in [1.82, 2.24) is 9.78 Å². The summed E-state index contributed by atoms with van der Waals surface area (Å²) in [5.74, 6) is 0. The van der Waals surface area contributed by atoms with Gasteiger partial charge in [-0.15, -0.1) is 0 Å². The number of hydrogen-bond donors (Lipinski definition) is 0. The molecule has 1 aromatic heterocycles. The van der Waals surface area contributed by atoms with Crippen molar-refractivity contribution in [2.24, 2.45) is 4.99 Å². The molecule has 0 aromatic carbocycles. The Morgan fingerprint density at radius 2 is 2.05 bits per heavy atom. The van der Waals surface area contributed by atoms with Crippen LogP contribution in [0.3, 0.4) is 0 Å². The van der Waals surface area contributed by atoms with Crippen molar-refractivity contribution >= 4 is 11.8 Å². The Balaban J connectivity index is 1.66. The lowest BCUT2D eigenvalue weighted by Gasteiger charge is -2.21. The summed E-state index contributed by atoms with van der Waals surface area (Å²) < 4.78 is 2.12. The molecule has 116 valence electrons. The van der Waals surface area contributed by atoms with Gasteiger partial charge in [-0.25, -0.2) is 0 Å². The lowest BCUT2D eigenvalue weighted by Crippen LogP contribution is -2.12. The van der Waals surface area contributed by atoms with Crippen molar-refractivity contribution in [2.75, 3.05) is 0 Å². The molecule has 3 nitrogen and oxygen atoms in total. The van der Waals surface area contributed by atoms with Gasteiger partial charge in [0.15, 0.2) is 0 Å². The lowest BCUT2D eigenvalue weighted by molar-refractivity contribution is 0.329. The van der Waals surface area contributed by atoms with Crippen LogP contribution in [0.2, 0.25) is 0 Å². The van der Waals surface area contributed by atoms with Crippen molar-refractivity contribution in [3.05, 3.63) is 48.0 Å². The molecular weight excluding hydrogens is 270 g/mol. The molecule has 0 N–H and O–H groups in total. The van der Waals surface area contributed by atoms with Crippen LogP contribution in [0, 0.1) is 0 Å². The minimum Gasteiger partial charge on any atom is -0.269 e. The molecule has 0 spiro atoms. The summed E-state index contributed by atoms with van der Waals surface area (Å²) >= 11 is 0. The normalized spacial score (nSPS) is 20.0. The number of hydrogen-bond acceptors (Lipinski definition) is 2. The third-order valence-corrected chi connectivity index (χ3v) is 4.64. The average molecular weight is 295 g/mol. The Hall–Kier alpha value is -1.90. The van der Waals surface area contributed by atoms with E-state index in [0.717, 1.165) is 29.7 Å². The Labute approximate surface area is 133 Å². The first-order valence-corrected chi connectivity index (χ1v) is 8.39. The summed E-state index contributed by atoms with van der Waals surface area (Å²) in [7, 11) is 0. The molecular formula is C19H25N3. The number of aromatic nitrogens is 2. The third kappa shape index (κ3) is 3.46. The van der Waals surface area contributed by atoms with Crippen LogP contribution in [0.1, 0.15) is 63.5 Å². The van der Waals surface area contributed by atoms with Crippen molar-refractivity contribution < 1.29 is 0 Å². The monoisotopic (exact) mass is 295 g/mol. The van der Waals surface area contributed by atoms with E-state index < -0.39 is 0 Å². The lowest BCUT2D eigenvalue weighted by atomic mass is 9.96. The molecule has 3 rings (SSSR count). The molecule has 0 atom stereocenters. The maximum absolute atomic E-state index is 4.59. The van der Waals surface area contributed by atoms with Crippen LogP contribution in [-0.2, 0) is 0 Å². The van der Waals surface area contributed by atoms with E-state index in [1.807, 2.05) is 12.4 Å². The maximum Gasteiger partial charge on any atom is 0.0616 e. The highest BCUT2D eigenvalue weighted by Gasteiger charge is 2.16. The SMILES string of the molecule is C=C(/C=N\C1=CCCC=C1C)c1cnn(C2CCCCC2)c1. The van der Waals surface area contributed by atoms with Crippen molar-refractivity contribution in [3.63, 3.8) is 0 Å². The summed E-state index contributed by atoms with van der Waals surface area (Å²) in [6, 6.07) is 0.568. The van der Waals surface area contributed by atoms with Crippen LogP contribution in [0.15, 0.2) is 47.4 Å². The van der Waals surface area contributed by atoms with E-state index >= 15 is 0 Å². The summed E-state index contributed by atoms with van der Waals surface area (Å²) in [6.45, 7) is 6.26. The molecule has 2 aliphatic carbocycles. The van der Waals surface area contributed by atoms with Crippen LogP contribution >= 0.6 is 0 Å². The summed E-state index contributed by atoms with van der Waals surface area (Å²) in [4.78, 5) is 4.59. The first kappa shape index (κ1) is 15.0. The minimum atomic E-state index is 0.568. The summed E-state index contributed by atoms with van der Waals surface area (Å²) in [5.41, 5.74) is 4.34. The van der Waals surface area contributed by atoms with Gasteiger partial charge in [-0.05, 0) is 43.8 Å². The van der Waals surface area contributed by atoms with Crippen LogP contribution in [0.4, 0.5) is 0 Å². The summed E-state index contributed by atoms with van der Waals surface area (Å²) in [5, 5.41) is 4.54. The van der Waals surface area contributed by atoms with Gasteiger partial charge in [0.05, 0.1) is 17.9 Å². The molecule has 0 bridgehead atoms. The van der Waals surface area contributed by atoms with E-state index in [0.29, 0.717) is 6.04 Å². The zero-order valence-corrected chi connectivity index (χ0v) is 13.5. The van der Waals surface area contributed by atoms with E-state index in [2.05, 4.69) is 46.6 Å². The van der Waals surface area contributed by atoms with Crippen LogP contribution in [-0.4, -0.2) is 16.0 Å². The van der Waals surface area contributed by atoms with Gasteiger partial charge >= 0.3 is 0 Å².